The van der Waals surface area contributed by atoms with Gasteiger partial charge in [0.2, 0.25) is 0 Å². The highest BCUT2D eigenvalue weighted by Gasteiger charge is 2.30. The summed E-state index contributed by atoms with van der Waals surface area (Å²) in [5, 5.41) is 14.2. The number of aliphatic carboxylic acids is 1. The van der Waals surface area contributed by atoms with E-state index >= 15 is 0 Å². The summed E-state index contributed by atoms with van der Waals surface area (Å²) in [5.41, 5.74) is 0.221. The smallest absolute Gasteiger partial charge is 0.416 e. The first-order valence-electron chi connectivity index (χ1n) is 8.18. The normalized spacial score (nSPS) is 14.1. The predicted octanol–water partition coefficient (Wildman–Crippen LogP) is 3.81. The molecule has 0 aliphatic carbocycles. The average molecular weight is 400 g/mol. The number of carboxylic acid groups (broad SMARTS) is 1. The van der Waals surface area contributed by atoms with Gasteiger partial charge < -0.3 is 15.2 Å². The topological polar surface area (TPSA) is 79.3 Å². The molecule has 0 radical (unpaired) electrons. The zero-order valence-electron chi connectivity index (χ0n) is 14.7. The molecule has 0 bridgehead atoms. The first-order valence-corrected chi connectivity index (χ1v) is 9.06. The molecular formula is C18H19F3N2O3S. The molecule has 0 aliphatic rings. The van der Waals surface area contributed by atoms with Crippen molar-refractivity contribution < 1.29 is 27.9 Å². The second-order valence-electron chi connectivity index (χ2n) is 6.36. The molecule has 0 saturated carbocycles. The van der Waals surface area contributed by atoms with Gasteiger partial charge in [-0.15, -0.1) is 11.3 Å². The highest BCUT2D eigenvalue weighted by molar-refractivity contribution is 7.13. The van der Waals surface area contributed by atoms with Crippen molar-refractivity contribution >= 4 is 23.6 Å². The monoisotopic (exact) mass is 400 g/mol. The van der Waals surface area contributed by atoms with Crippen LogP contribution in [0.4, 0.5) is 13.2 Å². The lowest BCUT2D eigenvalue weighted by Gasteiger charge is -2.19. The van der Waals surface area contributed by atoms with E-state index in [-0.39, 0.29) is 12.5 Å². The number of thiazole rings is 1. The number of halogens is 3. The van der Waals surface area contributed by atoms with Crippen LogP contribution in [0.25, 0.3) is 10.6 Å². The van der Waals surface area contributed by atoms with Crippen LogP contribution in [0.2, 0.25) is 0 Å². The summed E-state index contributed by atoms with van der Waals surface area (Å²) < 4.78 is 37.9. The van der Waals surface area contributed by atoms with E-state index in [0.717, 1.165) is 12.1 Å². The van der Waals surface area contributed by atoms with Crippen LogP contribution in [-0.2, 0) is 15.8 Å². The third-order valence-electron chi connectivity index (χ3n) is 4.02. The van der Waals surface area contributed by atoms with Gasteiger partial charge in [0.15, 0.2) is 0 Å². The molecule has 1 unspecified atom stereocenters. The highest BCUT2D eigenvalue weighted by Crippen LogP contribution is 2.32. The third-order valence-corrected chi connectivity index (χ3v) is 4.93. The van der Waals surface area contributed by atoms with E-state index in [0.29, 0.717) is 22.6 Å². The number of rotatable bonds is 8. The Kier molecular flexibility index (Phi) is 6.72. The van der Waals surface area contributed by atoms with E-state index in [1.165, 1.54) is 23.5 Å². The van der Waals surface area contributed by atoms with Crippen LogP contribution in [0.3, 0.4) is 0 Å². The van der Waals surface area contributed by atoms with Crippen molar-refractivity contribution in [3.8, 4) is 10.6 Å². The van der Waals surface area contributed by atoms with Gasteiger partial charge in [0.1, 0.15) is 17.3 Å². The summed E-state index contributed by atoms with van der Waals surface area (Å²) in [7, 11) is 0. The Hall–Kier alpha value is -2.26. The fraction of sp³-hybridized carbons (Fsp3) is 0.389. The van der Waals surface area contributed by atoms with Crippen LogP contribution in [-0.4, -0.2) is 34.9 Å². The number of alkyl halides is 3. The zero-order chi connectivity index (χ0) is 20.2. The molecule has 2 atom stereocenters. The van der Waals surface area contributed by atoms with Gasteiger partial charge in [-0.05, 0) is 18.1 Å². The number of carbonyl (C=O) groups excluding carboxylic acids is 1. The van der Waals surface area contributed by atoms with Crippen LogP contribution in [0, 0.1) is 5.92 Å². The molecule has 27 heavy (non-hydrogen) atoms. The molecule has 0 fully saturated rings. The number of aromatic nitrogens is 1. The number of hydrogen-bond donors (Lipinski definition) is 2. The van der Waals surface area contributed by atoms with E-state index in [2.05, 4.69) is 10.3 Å². The molecule has 9 heteroatoms. The van der Waals surface area contributed by atoms with E-state index in [9.17, 15) is 27.9 Å². The molecular weight excluding hydrogens is 381 g/mol. The van der Waals surface area contributed by atoms with Crippen molar-refractivity contribution in [2.24, 2.45) is 5.92 Å². The van der Waals surface area contributed by atoms with Crippen LogP contribution in [0.5, 0.6) is 0 Å². The summed E-state index contributed by atoms with van der Waals surface area (Å²) in [5.74, 6) is -1.81. The number of aldehydes is 1. The van der Waals surface area contributed by atoms with E-state index in [1.54, 1.807) is 19.2 Å². The lowest BCUT2D eigenvalue weighted by molar-refractivity contribution is -0.141. The van der Waals surface area contributed by atoms with Crippen LogP contribution in [0.15, 0.2) is 29.6 Å². The molecule has 2 N–H and O–H groups in total. The number of hydrogen-bond acceptors (Lipinski definition) is 5. The van der Waals surface area contributed by atoms with Crippen molar-refractivity contribution in [1.29, 1.82) is 0 Å². The number of benzene rings is 1. The summed E-state index contributed by atoms with van der Waals surface area (Å²) >= 11 is 1.21. The zero-order valence-corrected chi connectivity index (χ0v) is 15.5. The predicted molar refractivity (Wildman–Crippen MR) is 95.6 cm³/mol. The number of carboxylic acids is 1. The second kappa shape index (κ2) is 8.62. The maximum Gasteiger partial charge on any atom is 0.416 e. The molecule has 1 heterocycles. The van der Waals surface area contributed by atoms with Crippen LogP contribution in [0.1, 0.15) is 31.0 Å². The molecule has 1 aromatic heterocycles. The van der Waals surface area contributed by atoms with E-state index < -0.39 is 29.7 Å². The fourth-order valence-electron chi connectivity index (χ4n) is 2.48. The van der Waals surface area contributed by atoms with Crippen molar-refractivity contribution in [2.75, 3.05) is 6.54 Å². The maximum atomic E-state index is 12.6. The highest BCUT2D eigenvalue weighted by atomic mass is 32.1. The standard InChI is InChI=1S/C18H19F3N2O3S/c1-10(2)15(17(25)26)22-7-12(8-24)14-9-27-16(23-14)11-3-5-13(6-4-11)18(19,20)21/h3-6,8-10,12,15,22H,7H2,1-2H3,(H,25,26)/t12?,15-/m1/s1. The SMILES string of the molecule is CC(C)[C@@H](NCC(C=O)c1csc(-c2ccc(C(F)(F)F)cc2)n1)C(=O)O. The minimum Gasteiger partial charge on any atom is -0.480 e. The largest absolute Gasteiger partial charge is 0.480 e. The summed E-state index contributed by atoms with van der Waals surface area (Å²) in [6.45, 7) is 3.62. The summed E-state index contributed by atoms with van der Waals surface area (Å²) in [4.78, 5) is 27.0. The van der Waals surface area contributed by atoms with Crippen molar-refractivity contribution in [1.82, 2.24) is 10.3 Å². The first kappa shape index (κ1) is 21.0. The van der Waals surface area contributed by atoms with Gasteiger partial charge in [0, 0.05) is 17.5 Å². The van der Waals surface area contributed by atoms with Crippen LogP contribution >= 0.6 is 11.3 Å². The lowest BCUT2D eigenvalue weighted by atomic mass is 10.0. The molecule has 0 saturated heterocycles. The Morgan fingerprint density at radius 2 is 1.93 bits per heavy atom. The summed E-state index contributed by atoms with van der Waals surface area (Å²) in [6, 6.07) is 3.84. The van der Waals surface area contributed by atoms with Crippen LogP contribution < -0.4 is 5.32 Å². The minimum atomic E-state index is -4.40. The molecule has 2 rings (SSSR count). The molecule has 5 nitrogen and oxygen atoms in total. The van der Waals surface area contributed by atoms with Gasteiger partial charge in [0.25, 0.3) is 0 Å². The van der Waals surface area contributed by atoms with Gasteiger partial charge in [-0.3, -0.25) is 4.79 Å². The molecule has 146 valence electrons. The molecule has 1 aromatic carbocycles. The number of nitrogens with one attached hydrogen (secondary N) is 1. The number of carbonyl (C=O) groups is 2. The fourth-order valence-corrected chi connectivity index (χ4v) is 3.37. The molecule has 0 amide bonds. The van der Waals surface area contributed by atoms with Crippen molar-refractivity contribution in [3.63, 3.8) is 0 Å². The second-order valence-corrected chi connectivity index (χ2v) is 7.22. The van der Waals surface area contributed by atoms with Gasteiger partial charge >= 0.3 is 12.1 Å². The Morgan fingerprint density at radius 3 is 2.41 bits per heavy atom. The Bertz CT molecular complexity index is 788. The molecule has 2 aromatic rings. The average Bonchev–Trinajstić information content (AvgIpc) is 3.07. The van der Waals surface area contributed by atoms with Crippen molar-refractivity contribution in [2.45, 2.75) is 32.0 Å². The number of nitrogens with zero attached hydrogens (tertiary/aromatic N) is 1. The third kappa shape index (κ3) is 5.36. The summed E-state index contributed by atoms with van der Waals surface area (Å²) in [6.07, 6.45) is -3.73. The van der Waals surface area contributed by atoms with Gasteiger partial charge in [-0.2, -0.15) is 13.2 Å². The molecule has 0 spiro atoms. The quantitative estimate of drug-likeness (QED) is 0.659. The Balaban J connectivity index is 2.12. The van der Waals surface area contributed by atoms with Crippen molar-refractivity contribution in [3.05, 3.63) is 40.9 Å². The molecule has 0 aliphatic heterocycles. The van der Waals surface area contributed by atoms with Gasteiger partial charge in [0.05, 0.1) is 17.2 Å². The minimum absolute atomic E-state index is 0.106. The van der Waals surface area contributed by atoms with E-state index in [4.69, 9.17) is 0 Å². The van der Waals surface area contributed by atoms with E-state index in [1.807, 2.05) is 0 Å². The lowest BCUT2D eigenvalue weighted by Crippen LogP contribution is -2.43. The maximum absolute atomic E-state index is 12.6. The van der Waals surface area contributed by atoms with Gasteiger partial charge in [-0.25, -0.2) is 4.98 Å². The first-order chi connectivity index (χ1) is 12.6. The Morgan fingerprint density at radius 1 is 1.30 bits per heavy atom. The Labute approximate surface area is 158 Å². The van der Waals surface area contributed by atoms with Gasteiger partial charge in [-0.1, -0.05) is 26.0 Å².